The Morgan fingerprint density at radius 3 is 2.22 bits per heavy atom. The largest absolute Gasteiger partial charge is 0.353 e. The number of hydrogen-bond donors (Lipinski definition) is 2. The van der Waals surface area contributed by atoms with Gasteiger partial charge in [-0.25, -0.2) is 5.01 Å². The molecule has 7 heteroatoms. The molecule has 172 valence electrons. The van der Waals surface area contributed by atoms with Crippen LogP contribution in [0.25, 0.3) is 0 Å². The van der Waals surface area contributed by atoms with Crippen LogP contribution in [0.3, 0.4) is 0 Å². The van der Waals surface area contributed by atoms with E-state index in [0.717, 1.165) is 11.3 Å². The summed E-state index contributed by atoms with van der Waals surface area (Å²) in [5, 5.41) is 9.97. The summed E-state index contributed by atoms with van der Waals surface area (Å²) in [5.41, 5.74) is 4.43. The predicted octanol–water partition coefficient (Wildman–Crippen LogP) is 2.30. The number of carbonyl (C=O) groups excluding carboxylic acids is 2. The Balaban J connectivity index is 1.64. The highest BCUT2D eigenvalue weighted by atomic mass is 16.2. The maximum atomic E-state index is 13.2. The van der Waals surface area contributed by atoms with E-state index >= 15 is 0 Å². The molecule has 2 aromatic rings. The number of rotatable bonds is 10. The van der Waals surface area contributed by atoms with E-state index in [4.69, 9.17) is 0 Å². The fourth-order valence-corrected chi connectivity index (χ4v) is 3.89. The average molecular weight is 438 g/mol. The fourth-order valence-electron chi connectivity index (χ4n) is 3.89. The zero-order valence-corrected chi connectivity index (χ0v) is 19.6. The maximum absolute atomic E-state index is 13.2. The molecule has 1 aliphatic heterocycles. The molecular formula is C25H35N5O2. The van der Waals surface area contributed by atoms with Crippen molar-refractivity contribution in [2.24, 2.45) is 0 Å². The maximum Gasteiger partial charge on any atom is 0.256 e. The van der Waals surface area contributed by atoms with Crippen LogP contribution in [0.2, 0.25) is 0 Å². The van der Waals surface area contributed by atoms with E-state index < -0.39 is 0 Å². The van der Waals surface area contributed by atoms with Crippen LogP contribution in [-0.2, 0) is 22.7 Å². The summed E-state index contributed by atoms with van der Waals surface area (Å²) in [6.07, 6.45) is 0. The number of aryl methyl sites for hydroxylation is 1. The molecule has 0 fully saturated rings. The number of hydrazine groups is 1. The van der Waals surface area contributed by atoms with Crippen molar-refractivity contribution in [3.05, 3.63) is 65.2 Å². The molecule has 0 unspecified atom stereocenters. The molecule has 7 nitrogen and oxygen atoms in total. The lowest BCUT2D eigenvalue weighted by Gasteiger charge is -2.32. The van der Waals surface area contributed by atoms with E-state index in [-0.39, 0.29) is 24.9 Å². The lowest BCUT2D eigenvalue weighted by molar-refractivity contribution is -0.145. The molecule has 2 N–H and O–H groups in total. The van der Waals surface area contributed by atoms with Gasteiger partial charge in [0.1, 0.15) is 0 Å². The molecule has 32 heavy (non-hydrogen) atoms. The average Bonchev–Trinajstić information content (AvgIpc) is 3.20. The minimum Gasteiger partial charge on any atom is -0.353 e. The Hall–Kier alpha value is -2.90. The highest BCUT2D eigenvalue weighted by Crippen LogP contribution is 2.24. The van der Waals surface area contributed by atoms with Gasteiger partial charge in [0.05, 0.1) is 13.1 Å². The summed E-state index contributed by atoms with van der Waals surface area (Å²) >= 11 is 0. The molecule has 0 saturated heterocycles. The summed E-state index contributed by atoms with van der Waals surface area (Å²) in [4.78, 5) is 27.7. The van der Waals surface area contributed by atoms with Crippen molar-refractivity contribution in [1.82, 2.24) is 20.7 Å². The number of anilines is 1. The second-order valence-electron chi connectivity index (χ2n) is 8.61. The molecule has 3 rings (SSSR count). The molecule has 2 amide bonds. The monoisotopic (exact) mass is 437 g/mol. The number of nitrogens with one attached hydrogen (secondary N) is 2. The molecule has 0 radical (unpaired) electrons. The zero-order valence-electron chi connectivity index (χ0n) is 19.6. The molecule has 2 aromatic carbocycles. The summed E-state index contributed by atoms with van der Waals surface area (Å²) in [6, 6.07) is 16.5. The normalized spacial score (nSPS) is 13.2. The molecule has 0 saturated carbocycles. The third kappa shape index (κ3) is 6.31. The van der Waals surface area contributed by atoms with Crippen LogP contribution in [-0.4, -0.2) is 61.1 Å². The molecular weight excluding hydrogens is 402 g/mol. The van der Waals surface area contributed by atoms with Crippen LogP contribution in [0.5, 0.6) is 0 Å². The number of nitrogens with zero attached hydrogens (tertiary/aromatic N) is 3. The third-order valence-electron chi connectivity index (χ3n) is 5.73. The highest BCUT2D eigenvalue weighted by molar-refractivity contribution is 5.86. The van der Waals surface area contributed by atoms with Crippen LogP contribution < -0.4 is 15.5 Å². The Bertz CT molecular complexity index is 905. The highest BCUT2D eigenvalue weighted by Gasteiger charge is 2.26. The van der Waals surface area contributed by atoms with Crippen molar-refractivity contribution >= 4 is 17.5 Å². The second-order valence-corrected chi connectivity index (χ2v) is 8.61. The molecule has 1 aliphatic rings. The molecule has 0 atom stereocenters. The van der Waals surface area contributed by atoms with Crippen molar-refractivity contribution in [2.45, 2.75) is 39.9 Å². The van der Waals surface area contributed by atoms with Gasteiger partial charge >= 0.3 is 0 Å². The quantitative estimate of drug-likeness (QED) is 0.559. The lowest BCUT2D eigenvalue weighted by Crippen LogP contribution is -2.48. The van der Waals surface area contributed by atoms with E-state index in [0.29, 0.717) is 32.2 Å². The molecule has 0 aromatic heterocycles. The van der Waals surface area contributed by atoms with E-state index in [9.17, 15) is 9.59 Å². The van der Waals surface area contributed by atoms with Gasteiger partial charge in [-0.1, -0.05) is 56.3 Å². The predicted molar refractivity (Wildman–Crippen MR) is 128 cm³/mol. The minimum atomic E-state index is -0.0946. The van der Waals surface area contributed by atoms with E-state index in [1.165, 1.54) is 11.1 Å². The summed E-state index contributed by atoms with van der Waals surface area (Å²) in [6.45, 7) is 9.10. The van der Waals surface area contributed by atoms with Crippen LogP contribution in [0, 0.1) is 6.92 Å². The topological polar surface area (TPSA) is 67.9 Å². The molecule has 0 bridgehead atoms. The standard InChI is InChI=1S/C25H35N5O2/c1-19(2)26-13-14-27-24(31)17-29(23-12-8-5-9-20(23)3)18-25(32)28(4)30-15-21-10-6-7-11-22(21)16-30/h5-12,19,26H,13-18H2,1-4H3,(H,27,31). The molecule has 1 heterocycles. The second kappa shape index (κ2) is 11.1. The van der Waals surface area contributed by atoms with Gasteiger partial charge in [-0.3, -0.25) is 14.6 Å². The summed E-state index contributed by atoms with van der Waals surface area (Å²) < 4.78 is 0. The van der Waals surface area contributed by atoms with Crippen LogP contribution >= 0.6 is 0 Å². The summed E-state index contributed by atoms with van der Waals surface area (Å²) in [7, 11) is 1.81. The van der Waals surface area contributed by atoms with Crippen molar-refractivity contribution in [2.75, 3.05) is 38.1 Å². The Kier molecular flexibility index (Phi) is 8.25. The first-order valence-corrected chi connectivity index (χ1v) is 11.2. The van der Waals surface area contributed by atoms with Gasteiger partial charge in [-0.15, -0.1) is 0 Å². The first-order valence-electron chi connectivity index (χ1n) is 11.2. The van der Waals surface area contributed by atoms with Gasteiger partial charge < -0.3 is 15.5 Å². The van der Waals surface area contributed by atoms with Crippen molar-refractivity contribution in [3.63, 3.8) is 0 Å². The number of fused-ring (bicyclic) bond motifs is 1. The fraction of sp³-hybridized carbons (Fsp3) is 0.440. The third-order valence-corrected chi connectivity index (χ3v) is 5.73. The number of likely N-dealkylation sites (N-methyl/N-ethyl adjacent to an activating group) is 1. The zero-order chi connectivity index (χ0) is 23.1. The Morgan fingerprint density at radius 2 is 1.59 bits per heavy atom. The van der Waals surface area contributed by atoms with Gasteiger partial charge in [-0.05, 0) is 29.7 Å². The van der Waals surface area contributed by atoms with Crippen molar-refractivity contribution in [1.29, 1.82) is 0 Å². The summed E-state index contributed by atoms with van der Waals surface area (Å²) in [5.74, 6) is -0.141. The minimum absolute atomic E-state index is 0.0460. The SMILES string of the molecule is Cc1ccccc1N(CC(=O)NCCNC(C)C)CC(=O)N(C)N1Cc2ccccc2C1. The molecule has 0 spiro atoms. The van der Waals surface area contributed by atoms with E-state index in [1.807, 2.05) is 60.3 Å². The Labute approximate surface area is 191 Å². The number of hydrogen-bond acceptors (Lipinski definition) is 5. The smallest absolute Gasteiger partial charge is 0.256 e. The van der Waals surface area contributed by atoms with Crippen molar-refractivity contribution in [3.8, 4) is 0 Å². The number of carbonyl (C=O) groups is 2. The lowest BCUT2D eigenvalue weighted by atomic mass is 10.1. The van der Waals surface area contributed by atoms with Crippen LogP contribution in [0.15, 0.2) is 48.5 Å². The number of amides is 2. The van der Waals surface area contributed by atoms with Crippen LogP contribution in [0.4, 0.5) is 5.69 Å². The number of para-hydroxylation sites is 1. The van der Waals surface area contributed by atoms with Crippen LogP contribution in [0.1, 0.15) is 30.5 Å². The van der Waals surface area contributed by atoms with Gasteiger partial charge in [0.15, 0.2) is 0 Å². The first kappa shape index (κ1) is 23.8. The Morgan fingerprint density at radius 1 is 0.969 bits per heavy atom. The van der Waals surface area contributed by atoms with E-state index in [2.05, 4.69) is 36.6 Å². The molecule has 0 aliphatic carbocycles. The van der Waals surface area contributed by atoms with Gasteiger partial charge in [-0.2, -0.15) is 0 Å². The van der Waals surface area contributed by atoms with Gasteiger partial charge in [0, 0.05) is 45.0 Å². The van der Waals surface area contributed by atoms with Gasteiger partial charge in [0.25, 0.3) is 5.91 Å². The number of benzene rings is 2. The van der Waals surface area contributed by atoms with Crippen molar-refractivity contribution < 1.29 is 9.59 Å². The van der Waals surface area contributed by atoms with Gasteiger partial charge in [0.2, 0.25) is 5.91 Å². The first-order chi connectivity index (χ1) is 15.3. The van der Waals surface area contributed by atoms with E-state index in [1.54, 1.807) is 5.01 Å².